The van der Waals surface area contributed by atoms with Crippen LogP contribution in [0.3, 0.4) is 0 Å². The molecule has 1 saturated heterocycles. The van der Waals surface area contributed by atoms with Crippen LogP contribution in [0.5, 0.6) is 5.75 Å². The Hall–Kier alpha value is -2.78. The number of nitrogens with one attached hydrogen (secondary N) is 1. The molecule has 2 aromatic carbocycles. The van der Waals surface area contributed by atoms with Gasteiger partial charge in [0.1, 0.15) is 5.75 Å². The van der Waals surface area contributed by atoms with Crippen LogP contribution >= 0.6 is 0 Å². The van der Waals surface area contributed by atoms with Gasteiger partial charge >= 0.3 is 0 Å². The van der Waals surface area contributed by atoms with E-state index >= 15 is 0 Å². The first-order valence-electron chi connectivity index (χ1n) is 11.0. The minimum absolute atomic E-state index is 0.0862. The molecule has 0 saturated carbocycles. The van der Waals surface area contributed by atoms with Crippen LogP contribution in [0.25, 0.3) is 0 Å². The van der Waals surface area contributed by atoms with Crippen molar-refractivity contribution in [3.05, 3.63) is 48.0 Å². The second kappa shape index (κ2) is 8.87. The topological polar surface area (TPSA) is 88.2 Å². The predicted molar refractivity (Wildman–Crippen MR) is 130 cm³/mol. The smallest absolute Gasteiger partial charge is 0.267 e. The minimum atomic E-state index is -3.60. The number of amides is 1. The van der Waals surface area contributed by atoms with Crippen molar-refractivity contribution in [2.75, 3.05) is 53.6 Å². The van der Waals surface area contributed by atoms with Gasteiger partial charge in [-0.1, -0.05) is 26.8 Å². The summed E-state index contributed by atoms with van der Waals surface area (Å²) in [5.41, 5.74) is 2.99. The van der Waals surface area contributed by atoms with Gasteiger partial charge in [0.15, 0.2) is 6.10 Å². The molecule has 1 N–H and O–H groups in total. The quantitative estimate of drug-likeness (QED) is 0.735. The lowest BCUT2D eigenvalue weighted by molar-refractivity contribution is -0.122. The Morgan fingerprint density at radius 1 is 1.06 bits per heavy atom. The lowest BCUT2D eigenvalue weighted by Crippen LogP contribution is -2.48. The molecule has 2 aliphatic heterocycles. The lowest BCUT2D eigenvalue weighted by atomic mass is 9.86. The van der Waals surface area contributed by atoms with Gasteiger partial charge in [0, 0.05) is 24.5 Å². The Morgan fingerprint density at radius 3 is 2.33 bits per heavy atom. The number of carbonyl (C=O) groups excluding carboxylic acids is 1. The van der Waals surface area contributed by atoms with Gasteiger partial charge in [-0.2, -0.15) is 0 Å². The van der Waals surface area contributed by atoms with E-state index in [0.717, 1.165) is 30.6 Å². The van der Waals surface area contributed by atoms with Gasteiger partial charge in [-0.25, -0.2) is 8.42 Å². The van der Waals surface area contributed by atoms with Crippen LogP contribution in [0.15, 0.2) is 42.5 Å². The molecule has 1 fully saturated rings. The molecule has 0 spiro atoms. The standard InChI is InChI=1S/C24H31N3O5S/c1-24(2,3)17-5-10-21-20(15-17)27(33(4,29)30)16-22(32-21)23(28)25-18-6-8-19(9-7-18)26-11-13-31-14-12-26/h5-10,15,22H,11-14,16H2,1-4H3,(H,25,28)/t22-/m0/s1. The molecule has 33 heavy (non-hydrogen) atoms. The monoisotopic (exact) mass is 473 g/mol. The van der Waals surface area contributed by atoms with Gasteiger partial charge in [-0.3, -0.25) is 9.10 Å². The molecule has 8 nitrogen and oxygen atoms in total. The fourth-order valence-electron chi connectivity index (χ4n) is 3.97. The zero-order valence-corrected chi connectivity index (χ0v) is 20.3. The number of hydrogen-bond acceptors (Lipinski definition) is 6. The Kier molecular flexibility index (Phi) is 6.28. The number of morpholine rings is 1. The first-order chi connectivity index (χ1) is 15.5. The maximum absolute atomic E-state index is 13.0. The summed E-state index contributed by atoms with van der Waals surface area (Å²) in [6.07, 6.45) is 0.178. The Morgan fingerprint density at radius 2 is 1.73 bits per heavy atom. The van der Waals surface area contributed by atoms with Gasteiger partial charge in [-0.05, 0) is 47.4 Å². The molecular formula is C24H31N3O5S. The second-order valence-corrected chi connectivity index (χ2v) is 11.4. The highest BCUT2D eigenvalue weighted by Crippen LogP contribution is 2.38. The number of sulfonamides is 1. The van der Waals surface area contributed by atoms with Gasteiger partial charge in [-0.15, -0.1) is 0 Å². The first kappa shape index (κ1) is 23.4. The maximum atomic E-state index is 13.0. The van der Waals surface area contributed by atoms with E-state index in [2.05, 4.69) is 31.0 Å². The predicted octanol–water partition coefficient (Wildman–Crippen LogP) is 2.99. The van der Waals surface area contributed by atoms with Gasteiger partial charge in [0.05, 0.1) is 31.7 Å². The largest absolute Gasteiger partial charge is 0.476 e. The lowest BCUT2D eigenvalue weighted by Gasteiger charge is -2.35. The van der Waals surface area contributed by atoms with Crippen LogP contribution in [0, 0.1) is 0 Å². The SMILES string of the molecule is CC(C)(C)c1ccc2c(c1)N(S(C)(=O)=O)C[C@@H](C(=O)Nc1ccc(N3CCOCC3)cc1)O2. The van der Waals surface area contributed by atoms with Crippen molar-refractivity contribution in [1.29, 1.82) is 0 Å². The van der Waals surface area contributed by atoms with Gasteiger partial charge in [0.2, 0.25) is 10.0 Å². The number of rotatable bonds is 4. The zero-order chi connectivity index (χ0) is 23.8. The van der Waals surface area contributed by atoms with E-state index in [1.807, 2.05) is 36.4 Å². The molecule has 2 heterocycles. The molecule has 0 radical (unpaired) electrons. The average molecular weight is 474 g/mol. The summed E-state index contributed by atoms with van der Waals surface area (Å²) >= 11 is 0. The number of hydrogen-bond donors (Lipinski definition) is 1. The van der Waals surface area contributed by atoms with Crippen LogP contribution in [-0.2, 0) is 25.0 Å². The van der Waals surface area contributed by atoms with Crippen LogP contribution in [-0.4, -0.2) is 59.5 Å². The molecule has 2 aliphatic rings. The third kappa shape index (κ3) is 5.25. The number of fused-ring (bicyclic) bond motifs is 1. The highest BCUT2D eigenvalue weighted by molar-refractivity contribution is 7.92. The molecular weight excluding hydrogens is 442 g/mol. The third-order valence-corrected chi connectivity index (χ3v) is 7.04. The molecule has 1 amide bonds. The summed E-state index contributed by atoms with van der Waals surface area (Å²) in [7, 11) is -3.60. The van der Waals surface area contributed by atoms with Crippen molar-refractivity contribution in [1.82, 2.24) is 0 Å². The summed E-state index contributed by atoms with van der Waals surface area (Å²) < 4.78 is 37.7. The van der Waals surface area contributed by atoms with Crippen LogP contribution in [0.4, 0.5) is 17.1 Å². The Balaban J connectivity index is 1.52. The van der Waals surface area contributed by atoms with E-state index in [-0.39, 0.29) is 12.0 Å². The number of carbonyl (C=O) groups is 1. The average Bonchev–Trinajstić information content (AvgIpc) is 2.77. The Bertz CT molecular complexity index is 1120. The molecule has 0 aliphatic carbocycles. The minimum Gasteiger partial charge on any atom is -0.476 e. The fraction of sp³-hybridized carbons (Fsp3) is 0.458. The molecule has 1 atom stereocenters. The number of benzene rings is 2. The first-order valence-corrected chi connectivity index (χ1v) is 12.9. The third-order valence-electron chi connectivity index (χ3n) is 5.90. The summed E-state index contributed by atoms with van der Waals surface area (Å²) in [6.45, 7) is 9.16. The van der Waals surface area contributed by atoms with E-state index in [1.54, 1.807) is 6.07 Å². The van der Waals surface area contributed by atoms with E-state index in [0.29, 0.717) is 30.3 Å². The van der Waals surface area contributed by atoms with Crippen molar-refractivity contribution in [3.8, 4) is 5.75 Å². The Labute approximate surface area is 195 Å². The van der Waals surface area contributed by atoms with Gasteiger partial charge < -0.3 is 19.7 Å². The number of anilines is 3. The zero-order valence-electron chi connectivity index (χ0n) is 19.5. The van der Waals surface area contributed by atoms with Crippen molar-refractivity contribution in [3.63, 3.8) is 0 Å². The van der Waals surface area contributed by atoms with Gasteiger partial charge in [0.25, 0.3) is 5.91 Å². The van der Waals surface area contributed by atoms with Crippen LogP contribution < -0.4 is 19.3 Å². The molecule has 0 bridgehead atoms. The highest BCUT2D eigenvalue weighted by Gasteiger charge is 2.36. The number of ether oxygens (including phenoxy) is 2. The summed E-state index contributed by atoms with van der Waals surface area (Å²) in [5, 5.41) is 2.85. The van der Waals surface area contributed by atoms with Crippen LogP contribution in [0.2, 0.25) is 0 Å². The number of nitrogens with zero attached hydrogens (tertiary/aromatic N) is 2. The molecule has 178 valence electrons. The second-order valence-electron chi connectivity index (χ2n) is 9.47. The molecule has 9 heteroatoms. The van der Waals surface area contributed by atoms with Crippen molar-refractivity contribution in [2.45, 2.75) is 32.3 Å². The van der Waals surface area contributed by atoms with Crippen molar-refractivity contribution < 1.29 is 22.7 Å². The van der Waals surface area contributed by atoms with E-state index < -0.39 is 22.0 Å². The van der Waals surface area contributed by atoms with Crippen molar-refractivity contribution >= 4 is 33.0 Å². The molecule has 0 aromatic heterocycles. The van der Waals surface area contributed by atoms with E-state index in [4.69, 9.17) is 9.47 Å². The van der Waals surface area contributed by atoms with Crippen LogP contribution in [0.1, 0.15) is 26.3 Å². The van der Waals surface area contributed by atoms with Crippen molar-refractivity contribution in [2.24, 2.45) is 0 Å². The van der Waals surface area contributed by atoms with E-state index in [1.165, 1.54) is 4.31 Å². The summed E-state index contributed by atoms with van der Waals surface area (Å²) in [5.74, 6) is -0.0178. The maximum Gasteiger partial charge on any atom is 0.267 e. The highest BCUT2D eigenvalue weighted by atomic mass is 32.2. The summed E-state index contributed by atoms with van der Waals surface area (Å²) in [6, 6.07) is 13.1. The molecule has 0 unspecified atom stereocenters. The molecule has 2 aromatic rings. The molecule has 4 rings (SSSR count). The normalized spacial score (nSPS) is 19.0. The summed E-state index contributed by atoms with van der Waals surface area (Å²) in [4.78, 5) is 15.2. The van der Waals surface area contributed by atoms with E-state index in [9.17, 15) is 13.2 Å². The fourth-order valence-corrected chi connectivity index (χ4v) is 4.87.